The molecule has 132 valence electrons. The minimum atomic E-state index is -0.317. The third-order valence-corrected chi connectivity index (χ3v) is 4.35. The van der Waals surface area contributed by atoms with Gasteiger partial charge in [-0.15, -0.1) is 0 Å². The molecule has 0 saturated carbocycles. The molecule has 2 atom stereocenters. The summed E-state index contributed by atoms with van der Waals surface area (Å²) in [4.78, 5) is 23.7. The summed E-state index contributed by atoms with van der Waals surface area (Å²) in [6, 6.07) is 0. The average molecular weight is 324 g/mol. The molecule has 0 amide bonds. The number of hydrogen-bond acceptors (Lipinski definition) is 4. The Kier molecular flexibility index (Phi) is 7.80. The van der Waals surface area contributed by atoms with Crippen molar-refractivity contribution in [3.05, 3.63) is 11.6 Å². The van der Waals surface area contributed by atoms with Crippen molar-refractivity contribution >= 4 is 11.9 Å². The second kappa shape index (κ2) is 9.09. The van der Waals surface area contributed by atoms with E-state index in [-0.39, 0.29) is 42.4 Å². The molecule has 0 aromatic rings. The van der Waals surface area contributed by atoms with Crippen LogP contribution < -0.4 is 0 Å². The van der Waals surface area contributed by atoms with Crippen LogP contribution >= 0.6 is 0 Å². The Balaban J connectivity index is 2.36. The van der Waals surface area contributed by atoms with E-state index in [1.165, 1.54) is 0 Å². The minimum absolute atomic E-state index is 0.0331. The van der Waals surface area contributed by atoms with Gasteiger partial charge in [0.2, 0.25) is 0 Å². The molecule has 0 aromatic carbocycles. The number of esters is 2. The number of allylic oxidation sites excluding steroid dienone is 1. The number of hydrogen-bond donors (Lipinski definition) is 0. The molecule has 0 fully saturated rings. The van der Waals surface area contributed by atoms with Gasteiger partial charge in [-0.05, 0) is 43.6 Å². The number of carbonyl (C=O) groups is 2. The van der Waals surface area contributed by atoms with Crippen LogP contribution in [-0.2, 0) is 19.1 Å². The van der Waals surface area contributed by atoms with E-state index in [9.17, 15) is 9.59 Å². The van der Waals surface area contributed by atoms with E-state index in [1.54, 1.807) is 0 Å². The molecule has 23 heavy (non-hydrogen) atoms. The highest BCUT2D eigenvalue weighted by molar-refractivity contribution is 5.78. The molecular formula is C19H32O4. The fourth-order valence-corrected chi connectivity index (χ4v) is 3.00. The molecule has 0 aromatic heterocycles. The predicted molar refractivity (Wildman–Crippen MR) is 91.0 cm³/mol. The summed E-state index contributed by atoms with van der Waals surface area (Å²) < 4.78 is 10.9. The van der Waals surface area contributed by atoms with Gasteiger partial charge >= 0.3 is 11.9 Å². The Labute approximate surface area is 140 Å². The molecule has 1 aliphatic carbocycles. The van der Waals surface area contributed by atoms with Gasteiger partial charge in [0.05, 0.1) is 12.8 Å². The van der Waals surface area contributed by atoms with E-state index < -0.39 is 0 Å². The zero-order chi connectivity index (χ0) is 17.5. The van der Waals surface area contributed by atoms with Crippen molar-refractivity contribution in [3.8, 4) is 0 Å². The Hall–Kier alpha value is -1.32. The van der Waals surface area contributed by atoms with Gasteiger partial charge in [-0.2, -0.15) is 0 Å². The third kappa shape index (κ3) is 7.19. The molecule has 0 saturated heterocycles. The summed E-state index contributed by atoms with van der Waals surface area (Å²) in [7, 11) is 0. The first-order chi connectivity index (χ1) is 10.8. The maximum Gasteiger partial charge on any atom is 0.306 e. The zero-order valence-corrected chi connectivity index (χ0v) is 15.3. The maximum absolute atomic E-state index is 11.9. The van der Waals surface area contributed by atoms with Gasteiger partial charge < -0.3 is 9.47 Å². The van der Waals surface area contributed by atoms with Crippen molar-refractivity contribution in [1.82, 2.24) is 0 Å². The fraction of sp³-hybridized carbons (Fsp3) is 0.789. The van der Waals surface area contributed by atoms with Gasteiger partial charge in [0, 0.05) is 0 Å². The quantitative estimate of drug-likeness (QED) is 0.485. The molecule has 4 heteroatoms. The molecule has 2 unspecified atom stereocenters. The highest BCUT2D eigenvalue weighted by Gasteiger charge is 2.27. The molecule has 0 spiro atoms. The van der Waals surface area contributed by atoms with E-state index in [2.05, 4.69) is 26.8 Å². The van der Waals surface area contributed by atoms with Crippen molar-refractivity contribution in [2.24, 2.45) is 5.41 Å². The van der Waals surface area contributed by atoms with Gasteiger partial charge in [0.15, 0.2) is 0 Å². The van der Waals surface area contributed by atoms with Crippen molar-refractivity contribution < 1.29 is 19.1 Å². The average Bonchev–Trinajstić information content (AvgIpc) is 2.47. The second-order valence-corrected chi connectivity index (χ2v) is 7.20. The first kappa shape index (κ1) is 19.7. The molecule has 1 aliphatic rings. The van der Waals surface area contributed by atoms with E-state index in [1.807, 2.05) is 13.8 Å². The molecule has 0 heterocycles. The SMILES string of the molecule is CCCC(CC)OC(=O)CCC(=O)OC1CCC(C)(C)C=C1C. The summed E-state index contributed by atoms with van der Waals surface area (Å²) in [5, 5.41) is 0. The zero-order valence-electron chi connectivity index (χ0n) is 15.3. The van der Waals surface area contributed by atoms with Crippen LogP contribution in [0.5, 0.6) is 0 Å². The molecule has 0 bridgehead atoms. The highest BCUT2D eigenvalue weighted by Crippen LogP contribution is 2.34. The molecule has 1 rings (SSSR count). The lowest BCUT2D eigenvalue weighted by atomic mass is 9.79. The number of ether oxygens (including phenoxy) is 2. The smallest absolute Gasteiger partial charge is 0.306 e. The van der Waals surface area contributed by atoms with E-state index in [4.69, 9.17) is 9.47 Å². The van der Waals surface area contributed by atoms with E-state index >= 15 is 0 Å². The number of carbonyl (C=O) groups excluding carboxylic acids is 2. The molecule has 0 aliphatic heterocycles. The monoisotopic (exact) mass is 324 g/mol. The minimum Gasteiger partial charge on any atom is -0.462 e. The number of rotatable bonds is 8. The largest absolute Gasteiger partial charge is 0.462 e. The van der Waals surface area contributed by atoms with Crippen LogP contribution in [0.2, 0.25) is 0 Å². The van der Waals surface area contributed by atoms with Crippen LogP contribution in [0.15, 0.2) is 11.6 Å². The van der Waals surface area contributed by atoms with Crippen LogP contribution in [0, 0.1) is 5.41 Å². The summed E-state index contributed by atoms with van der Waals surface area (Å²) in [6.07, 6.45) is 6.70. The van der Waals surface area contributed by atoms with Crippen molar-refractivity contribution in [3.63, 3.8) is 0 Å². The van der Waals surface area contributed by atoms with Crippen LogP contribution in [0.4, 0.5) is 0 Å². The molecule has 4 nitrogen and oxygen atoms in total. The molecular weight excluding hydrogens is 292 g/mol. The molecule has 0 N–H and O–H groups in total. The first-order valence-electron chi connectivity index (χ1n) is 8.85. The lowest BCUT2D eigenvalue weighted by Gasteiger charge is -2.31. The molecule has 0 radical (unpaired) electrons. The Morgan fingerprint density at radius 3 is 2.48 bits per heavy atom. The van der Waals surface area contributed by atoms with Crippen molar-refractivity contribution in [2.45, 2.75) is 91.8 Å². The summed E-state index contributed by atoms with van der Waals surface area (Å²) in [5.41, 5.74) is 1.27. The summed E-state index contributed by atoms with van der Waals surface area (Å²) >= 11 is 0. The van der Waals surface area contributed by atoms with Crippen molar-refractivity contribution in [2.75, 3.05) is 0 Å². The van der Waals surface area contributed by atoms with Crippen molar-refractivity contribution in [1.29, 1.82) is 0 Å². The van der Waals surface area contributed by atoms with Crippen LogP contribution in [0.1, 0.15) is 79.6 Å². The van der Waals surface area contributed by atoms with E-state index in [0.29, 0.717) is 0 Å². The van der Waals surface area contributed by atoms with Crippen LogP contribution in [-0.4, -0.2) is 24.1 Å². The van der Waals surface area contributed by atoms with Gasteiger partial charge in [-0.3, -0.25) is 9.59 Å². The first-order valence-corrected chi connectivity index (χ1v) is 8.85. The second-order valence-electron chi connectivity index (χ2n) is 7.20. The van der Waals surface area contributed by atoms with E-state index in [0.717, 1.165) is 37.7 Å². The van der Waals surface area contributed by atoms with Gasteiger partial charge in [0.1, 0.15) is 12.2 Å². The topological polar surface area (TPSA) is 52.6 Å². The third-order valence-electron chi connectivity index (χ3n) is 4.35. The summed E-state index contributed by atoms with van der Waals surface area (Å²) in [5.74, 6) is -0.623. The predicted octanol–water partition coefficient (Wildman–Crippen LogP) is 4.57. The summed E-state index contributed by atoms with van der Waals surface area (Å²) in [6.45, 7) is 10.4. The van der Waals surface area contributed by atoms with Gasteiger partial charge in [0.25, 0.3) is 0 Å². The standard InChI is InChI=1S/C19H32O4/c1-6-8-15(7-2)22-17(20)9-10-18(21)23-16-11-12-19(4,5)13-14(16)3/h13,15-16H,6-12H2,1-5H3. The Morgan fingerprint density at radius 2 is 1.91 bits per heavy atom. The maximum atomic E-state index is 11.9. The Morgan fingerprint density at radius 1 is 1.26 bits per heavy atom. The fourth-order valence-electron chi connectivity index (χ4n) is 3.00. The van der Waals surface area contributed by atoms with Crippen LogP contribution in [0.3, 0.4) is 0 Å². The lowest BCUT2D eigenvalue weighted by Crippen LogP contribution is -2.27. The highest BCUT2D eigenvalue weighted by atomic mass is 16.5. The lowest BCUT2D eigenvalue weighted by molar-refractivity contribution is -0.155. The Bertz CT molecular complexity index is 437. The normalized spacial score (nSPS) is 21.3. The van der Waals surface area contributed by atoms with Gasteiger partial charge in [-0.25, -0.2) is 0 Å². The van der Waals surface area contributed by atoms with Crippen LogP contribution in [0.25, 0.3) is 0 Å². The van der Waals surface area contributed by atoms with Gasteiger partial charge in [-0.1, -0.05) is 40.2 Å².